The molecular formula is C27H34F3NO4. The van der Waals surface area contributed by atoms with Crippen LogP contribution >= 0.6 is 0 Å². The molecule has 2 atom stereocenters. The van der Waals surface area contributed by atoms with Gasteiger partial charge >= 0.3 is 6.18 Å². The number of nitrogens with zero attached hydrogens (tertiary/aromatic N) is 1. The third-order valence-corrected chi connectivity index (χ3v) is 8.09. The van der Waals surface area contributed by atoms with Crippen LogP contribution in [0.4, 0.5) is 13.2 Å². The molecule has 3 N–H and O–H groups in total. The number of hydrogen-bond donors (Lipinski definition) is 3. The van der Waals surface area contributed by atoms with Crippen molar-refractivity contribution in [2.45, 2.75) is 76.9 Å². The number of ether oxygens (including phenoxy) is 1. The fourth-order valence-electron chi connectivity index (χ4n) is 5.32. The van der Waals surface area contributed by atoms with Gasteiger partial charge in [-0.05, 0) is 87.8 Å². The second kappa shape index (κ2) is 8.98. The standard InChI is InChI=1S/C27H34F3NO4/c1-16-17(2)24-21(18(3)23(16)33)8-9-25(4,35-24)22(32)15-31-12-10-26(34,11-13-31)19-6-5-7-20(14-19)27(28,29)30/h5-7,14,22,32-34H,8-13,15H2,1-4H3. The molecule has 0 saturated carbocycles. The third kappa shape index (κ3) is 4.76. The Balaban J connectivity index is 1.43. The van der Waals surface area contributed by atoms with E-state index in [1.807, 2.05) is 32.6 Å². The maximum Gasteiger partial charge on any atom is 0.416 e. The number of hydrogen-bond acceptors (Lipinski definition) is 5. The lowest BCUT2D eigenvalue weighted by Gasteiger charge is -2.44. The number of β-amino-alcohol motifs (C(OH)–C–C–N with tert-alkyl or cyclic N) is 1. The zero-order valence-electron chi connectivity index (χ0n) is 20.7. The van der Waals surface area contributed by atoms with Crippen LogP contribution < -0.4 is 4.74 Å². The van der Waals surface area contributed by atoms with Gasteiger partial charge in [-0.2, -0.15) is 13.2 Å². The van der Waals surface area contributed by atoms with Crippen molar-refractivity contribution in [2.75, 3.05) is 19.6 Å². The van der Waals surface area contributed by atoms with E-state index in [2.05, 4.69) is 0 Å². The molecule has 35 heavy (non-hydrogen) atoms. The average Bonchev–Trinajstić information content (AvgIpc) is 2.82. The predicted molar refractivity (Wildman–Crippen MR) is 127 cm³/mol. The summed E-state index contributed by atoms with van der Waals surface area (Å²) in [6.45, 7) is 8.75. The zero-order valence-corrected chi connectivity index (χ0v) is 20.7. The molecule has 2 aliphatic rings. The van der Waals surface area contributed by atoms with Crippen LogP contribution in [0.2, 0.25) is 0 Å². The number of benzene rings is 2. The first-order chi connectivity index (χ1) is 16.2. The van der Waals surface area contributed by atoms with E-state index in [1.165, 1.54) is 12.1 Å². The molecule has 0 aliphatic carbocycles. The summed E-state index contributed by atoms with van der Waals surface area (Å²) in [5, 5.41) is 32.7. The number of fused-ring (bicyclic) bond motifs is 1. The molecule has 8 heteroatoms. The number of rotatable bonds is 4. The van der Waals surface area contributed by atoms with Crippen LogP contribution in [0, 0.1) is 20.8 Å². The van der Waals surface area contributed by atoms with Gasteiger partial charge in [0.25, 0.3) is 0 Å². The molecular weight excluding hydrogens is 459 g/mol. The first-order valence-corrected chi connectivity index (χ1v) is 12.1. The van der Waals surface area contributed by atoms with Crippen LogP contribution in [0.3, 0.4) is 0 Å². The molecule has 1 fully saturated rings. The first kappa shape index (κ1) is 25.8. The third-order valence-electron chi connectivity index (χ3n) is 8.09. The quantitative estimate of drug-likeness (QED) is 0.573. The van der Waals surface area contributed by atoms with Gasteiger partial charge in [0.1, 0.15) is 23.2 Å². The monoisotopic (exact) mass is 493 g/mol. The summed E-state index contributed by atoms with van der Waals surface area (Å²) >= 11 is 0. The minimum absolute atomic E-state index is 0.274. The maximum atomic E-state index is 13.1. The van der Waals surface area contributed by atoms with Gasteiger partial charge in [-0.25, -0.2) is 0 Å². The number of halogens is 3. The van der Waals surface area contributed by atoms with E-state index >= 15 is 0 Å². The molecule has 0 amide bonds. The van der Waals surface area contributed by atoms with Gasteiger partial charge in [-0.1, -0.05) is 12.1 Å². The molecule has 2 aliphatic heterocycles. The summed E-state index contributed by atoms with van der Waals surface area (Å²) < 4.78 is 45.7. The molecule has 1 saturated heterocycles. The van der Waals surface area contributed by atoms with E-state index in [0.29, 0.717) is 32.5 Å². The first-order valence-electron chi connectivity index (χ1n) is 12.1. The molecule has 2 aromatic rings. The second-order valence-electron chi connectivity index (χ2n) is 10.4. The largest absolute Gasteiger partial charge is 0.507 e. The fourth-order valence-corrected chi connectivity index (χ4v) is 5.32. The second-order valence-corrected chi connectivity index (χ2v) is 10.4. The highest BCUT2D eigenvalue weighted by molar-refractivity contribution is 5.58. The molecule has 2 unspecified atom stereocenters. The van der Waals surface area contributed by atoms with Gasteiger partial charge in [-0.3, -0.25) is 0 Å². The van der Waals surface area contributed by atoms with Crippen molar-refractivity contribution in [2.24, 2.45) is 0 Å². The average molecular weight is 494 g/mol. The number of likely N-dealkylation sites (tertiary alicyclic amines) is 1. The zero-order chi connectivity index (χ0) is 25.8. The van der Waals surface area contributed by atoms with Gasteiger partial charge in [-0.15, -0.1) is 0 Å². The predicted octanol–water partition coefficient (Wildman–Crippen LogP) is 4.76. The topological polar surface area (TPSA) is 73.2 Å². The van der Waals surface area contributed by atoms with Crippen LogP contribution in [0.1, 0.15) is 59.6 Å². The lowest BCUT2D eigenvalue weighted by atomic mass is 9.82. The summed E-state index contributed by atoms with van der Waals surface area (Å²) in [6.07, 6.45) is -3.44. The highest BCUT2D eigenvalue weighted by atomic mass is 19.4. The van der Waals surface area contributed by atoms with Crippen molar-refractivity contribution in [1.82, 2.24) is 4.90 Å². The Morgan fingerprint density at radius 1 is 1.06 bits per heavy atom. The van der Waals surface area contributed by atoms with Gasteiger partial charge in [0.05, 0.1) is 11.2 Å². The molecule has 2 aromatic carbocycles. The molecule has 2 heterocycles. The number of aromatic hydroxyl groups is 1. The fraction of sp³-hybridized carbons (Fsp3) is 0.556. The highest BCUT2D eigenvalue weighted by Gasteiger charge is 2.43. The summed E-state index contributed by atoms with van der Waals surface area (Å²) in [5.41, 5.74) is 0.775. The number of phenols is 1. The van der Waals surface area contributed by atoms with Crippen molar-refractivity contribution in [3.8, 4) is 11.5 Å². The van der Waals surface area contributed by atoms with Crippen LogP contribution in [0.5, 0.6) is 11.5 Å². The van der Waals surface area contributed by atoms with Gasteiger partial charge in [0.15, 0.2) is 0 Å². The van der Waals surface area contributed by atoms with Crippen molar-refractivity contribution in [1.29, 1.82) is 0 Å². The van der Waals surface area contributed by atoms with Crippen molar-refractivity contribution in [3.63, 3.8) is 0 Å². The minimum Gasteiger partial charge on any atom is -0.507 e. The molecule has 0 aromatic heterocycles. The van der Waals surface area contributed by atoms with Crippen LogP contribution in [0.25, 0.3) is 0 Å². The molecule has 5 nitrogen and oxygen atoms in total. The Hall–Kier alpha value is -2.29. The number of phenolic OH excluding ortho intramolecular Hbond substituents is 1. The SMILES string of the molecule is Cc1c(C)c2c(c(C)c1O)CCC(C)(C(O)CN1CCC(O)(c3cccc(C(F)(F)F)c3)CC1)O2. The summed E-state index contributed by atoms with van der Waals surface area (Å²) in [6, 6.07) is 4.91. The van der Waals surface area contributed by atoms with E-state index in [0.717, 1.165) is 40.1 Å². The Bertz CT molecular complexity index is 1110. The van der Waals surface area contributed by atoms with E-state index in [4.69, 9.17) is 4.74 Å². The van der Waals surface area contributed by atoms with Crippen LogP contribution in [-0.2, 0) is 18.2 Å². The van der Waals surface area contributed by atoms with Gasteiger partial charge in [0.2, 0.25) is 0 Å². The van der Waals surface area contributed by atoms with E-state index < -0.39 is 29.0 Å². The van der Waals surface area contributed by atoms with E-state index in [-0.39, 0.29) is 24.2 Å². The van der Waals surface area contributed by atoms with Crippen LogP contribution in [-0.4, -0.2) is 51.6 Å². The molecule has 4 rings (SSSR count). The molecule has 0 bridgehead atoms. The summed E-state index contributed by atoms with van der Waals surface area (Å²) in [4.78, 5) is 2.02. The van der Waals surface area contributed by atoms with E-state index in [9.17, 15) is 28.5 Å². The number of alkyl halides is 3. The van der Waals surface area contributed by atoms with Gasteiger partial charge < -0.3 is 25.0 Å². The lowest BCUT2D eigenvalue weighted by Crippen LogP contribution is -2.54. The Labute approximate surface area is 204 Å². The number of piperidine rings is 1. The molecule has 192 valence electrons. The summed E-state index contributed by atoms with van der Waals surface area (Å²) in [7, 11) is 0. The van der Waals surface area contributed by atoms with Gasteiger partial charge in [0, 0.05) is 25.2 Å². The highest BCUT2D eigenvalue weighted by Crippen LogP contribution is 2.44. The summed E-state index contributed by atoms with van der Waals surface area (Å²) in [5.74, 6) is 1.01. The Morgan fingerprint density at radius 3 is 2.34 bits per heavy atom. The number of aliphatic hydroxyl groups is 2. The maximum absolute atomic E-state index is 13.1. The molecule has 0 spiro atoms. The van der Waals surface area contributed by atoms with Crippen molar-refractivity contribution < 1.29 is 33.2 Å². The van der Waals surface area contributed by atoms with Crippen LogP contribution in [0.15, 0.2) is 24.3 Å². The Morgan fingerprint density at radius 2 is 1.71 bits per heavy atom. The number of aliphatic hydroxyl groups excluding tert-OH is 1. The molecule has 0 radical (unpaired) electrons. The minimum atomic E-state index is -4.46. The normalized spacial score (nSPS) is 23.5. The van der Waals surface area contributed by atoms with Crippen molar-refractivity contribution >= 4 is 0 Å². The Kier molecular flexibility index (Phi) is 6.62. The van der Waals surface area contributed by atoms with E-state index in [1.54, 1.807) is 0 Å². The van der Waals surface area contributed by atoms with Crippen molar-refractivity contribution in [3.05, 3.63) is 57.6 Å². The smallest absolute Gasteiger partial charge is 0.416 e. The lowest BCUT2D eigenvalue weighted by molar-refractivity contribution is -0.137.